The molecule has 1 aromatic heterocycles. The van der Waals surface area contributed by atoms with E-state index in [1.165, 1.54) is 6.07 Å². The van der Waals surface area contributed by atoms with Gasteiger partial charge in [-0.15, -0.1) is 0 Å². The van der Waals surface area contributed by atoms with Crippen molar-refractivity contribution in [2.24, 2.45) is 12.8 Å². The summed E-state index contributed by atoms with van der Waals surface area (Å²) in [4.78, 5) is 10.6. The van der Waals surface area contributed by atoms with E-state index in [4.69, 9.17) is 10.5 Å². The maximum atomic E-state index is 11.0. The van der Waals surface area contributed by atoms with E-state index >= 15 is 0 Å². The molecule has 0 fully saturated rings. The van der Waals surface area contributed by atoms with E-state index in [-0.39, 0.29) is 18.0 Å². The number of halogens is 1. The molecule has 2 N–H and O–H groups in total. The van der Waals surface area contributed by atoms with Crippen LogP contribution in [-0.2, 0) is 20.2 Å². The van der Waals surface area contributed by atoms with Crippen LogP contribution in [0.2, 0.25) is 0 Å². The van der Waals surface area contributed by atoms with Gasteiger partial charge in [-0.3, -0.25) is 14.8 Å². The van der Waals surface area contributed by atoms with Crippen LogP contribution in [0.1, 0.15) is 17.0 Å². The van der Waals surface area contributed by atoms with E-state index in [0.717, 1.165) is 21.4 Å². The Bertz CT molecular complexity index is 684. The molecule has 0 aliphatic carbocycles. The van der Waals surface area contributed by atoms with Gasteiger partial charge in [0.2, 0.25) is 0 Å². The highest BCUT2D eigenvalue weighted by Crippen LogP contribution is 2.30. The Morgan fingerprint density at radius 1 is 1.52 bits per heavy atom. The number of benzene rings is 1. The molecule has 8 heteroatoms. The summed E-state index contributed by atoms with van der Waals surface area (Å²) < 4.78 is 8.13. The van der Waals surface area contributed by atoms with Crippen LogP contribution in [0, 0.1) is 17.0 Å². The molecule has 0 aliphatic heterocycles. The van der Waals surface area contributed by atoms with Crippen molar-refractivity contribution in [3.63, 3.8) is 0 Å². The SMILES string of the molecule is Cc1nn(C)c(COc2cc(CN)ccc2[N+](=O)[O-])c1Br. The monoisotopic (exact) mass is 354 g/mol. The zero-order chi connectivity index (χ0) is 15.6. The quantitative estimate of drug-likeness (QED) is 0.656. The number of aromatic nitrogens is 2. The van der Waals surface area contributed by atoms with Gasteiger partial charge >= 0.3 is 5.69 Å². The molecule has 21 heavy (non-hydrogen) atoms. The number of nitrogens with zero attached hydrogens (tertiary/aromatic N) is 3. The van der Waals surface area contributed by atoms with Crippen LogP contribution in [-0.4, -0.2) is 14.7 Å². The predicted molar refractivity (Wildman–Crippen MR) is 81.0 cm³/mol. The molecule has 2 aromatic rings. The van der Waals surface area contributed by atoms with Crippen molar-refractivity contribution in [1.82, 2.24) is 9.78 Å². The first-order chi connectivity index (χ1) is 9.93. The number of ether oxygens (including phenoxy) is 1. The highest BCUT2D eigenvalue weighted by Gasteiger charge is 2.17. The molecule has 1 aromatic carbocycles. The molecule has 0 spiro atoms. The van der Waals surface area contributed by atoms with Crippen LogP contribution >= 0.6 is 15.9 Å². The van der Waals surface area contributed by atoms with E-state index in [1.807, 2.05) is 6.92 Å². The minimum absolute atomic E-state index is 0.0813. The number of nitro benzene ring substituents is 1. The van der Waals surface area contributed by atoms with Gasteiger partial charge in [0.25, 0.3) is 0 Å². The fourth-order valence-corrected chi connectivity index (χ4v) is 2.39. The Labute approximate surface area is 130 Å². The van der Waals surface area contributed by atoms with Gasteiger partial charge in [-0.25, -0.2) is 0 Å². The lowest BCUT2D eigenvalue weighted by Gasteiger charge is -2.09. The summed E-state index contributed by atoms with van der Waals surface area (Å²) in [5, 5.41) is 15.3. The molecule has 0 atom stereocenters. The van der Waals surface area contributed by atoms with Crippen molar-refractivity contribution < 1.29 is 9.66 Å². The van der Waals surface area contributed by atoms with Gasteiger partial charge in [0, 0.05) is 19.7 Å². The third-order valence-corrected chi connectivity index (χ3v) is 4.11. The summed E-state index contributed by atoms with van der Waals surface area (Å²) in [6, 6.07) is 4.62. The third-order valence-electron chi connectivity index (χ3n) is 3.08. The smallest absolute Gasteiger partial charge is 0.310 e. The summed E-state index contributed by atoms with van der Waals surface area (Å²) in [6.07, 6.45) is 0. The molecule has 7 nitrogen and oxygen atoms in total. The first-order valence-electron chi connectivity index (χ1n) is 6.22. The number of nitro groups is 1. The Morgan fingerprint density at radius 2 is 2.24 bits per heavy atom. The Morgan fingerprint density at radius 3 is 2.76 bits per heavy atom. The van der Waals surface area contributed by atoms with Crippen molar-refractivity contribution in [2.75, 3.05) is 0 Å². The second-order valence-electron chi connectivity index (χ2n) is 4.52. The summed E-state index contributed by atoms with van der Waals surface area (Å²) in [5.74, 6) is 0.203. The van der Waals surface area contributed by atoms with Crippen LogP contribution in [0.15, 0.2) is 22.7 Å². The summed E-state index contributed by atoms with van der Waals surface area (Å²) in [6.45, 7) is 2.33. The molecule has 0 aliphatic rings. The second-order valence-corrected chi connectivity index (χ2v) is 5.31. The topological polar surface area (TPSA) is 96.2 Å². The molecule has 0 saturated heterocycles. The Kier molecular flexibility index (Phi) is 4.59. The van der Waals surface area contributed by atoms with Crippen molar-refractivity contribution in [3.8, 4) is 5.75 Å². The second kappa shape index (κ2) is 6.23. The number of hydrogen-bond acceptors (Lipinski definition) is 5. The lowest BCUT2D eigenvalue weighted by molar-refractivity contribution is -0.386. The van der Waals surface area contributed by atoms with Crippen molar-refractivity contribution >= 4 is 21.6 Å². The maximum absolute atomic E-state index is 11.0. The van der Waals surface area contributed by atoms with Crippen LogP contribution < -0.4 is 10.5 Å². The van der Waals surface area contributed by atoms with E-state index in [9.17, 15) is 10.1 Å². The maximum Gasteiger partial charge on any atom is 0.310 e. The predicted octanol–water partition coefficient (Wildman–Crippen LogP) is 2.44. The van der Waals surface area contributed by atoms with Crippen molar-refractivity contribution in [2.45, 2.75) is 20.1 Å². The van der Waals surface area contributed by atoms with Gasteiger partial charge in [0.05, 0.1) is 20.8 Å². The van der Waals surface area contributed by atoms with Gasteiger partial charge in [0.15, 0.2) is 5.75 Å². The minimum atomic E-state index is -0.473. The molecular weight excluding hydrogens is 340 g/mol. The lowest BCUT2D eigenvalue weighted by Crippen LogP contribution is -2.06. The molecule has 2 rings (SSSR count). The van der Waals surface area contributed by atoms with E-state index in [0.29, 0.717) is 6.54 Å². The van der Waals surface area contributed by atoms with Crippen LogP contribution in [0.25, 0.3) is 0 Å². The fraction of sp³-hybridized carbons (Fsp3) is 0.308. The fourth-order valence-electron chi connectivity index (χ4n) is 1.93. The number of nitrogens with two attached hydrogens (primary N) is 1. The van der Waals surface area contributed by atoms with Crippen molar-refractivity contribution in [1.29, 1.82) is 0 Å². The Balaban J connectivity index is 2.28. The highest BCUT2D eigenvalue weighted by atomic mass is 79.9. The molecule has 0 unspecified atom stereocenters. The molecule has 1 heterocycles. The number of hydrogen-bond donors (Lipinski definition) is 1. The zero-order valence-electron chi connectivity index (χ0n) is 11.7. The largest absolute Gasteiger partial charge is 0.480 e. The van der Waals surface area contributed by atoms with Gasteiger partial charge in [-0.05, 0) is 34.5 Å². The van der Waals surface area contributed by atoms with Gasteiger partial charge < -0.3 is 10.5 Å². The van der Waals surface area contributed by atoms with Gasteiger partial charge in [0.1, 0.15) is 6.61 Å². The summed E-state index contributed by atoms with van der Waals surface area (Å²) in [5.41, 5.74) is 7.89. The standard InChI is InChI=1S/C13H15BrN4O3/c1-8-13(14)11(17(2)16-8)7-21-12-5-9(6-15)3-4-10(12)18(19)20/h3-5H,6-7,15H2,1-2H3. The summed E-state index contributed by atoms with van der Waals surface area (Å²) >= 11 is 3.43. The molecule has 0 bridgehead atoms. The Hall–Kier alpha value is -1.93. The van der Waals surface area contributed by atoms with E-state index in [1.54, 1.807) is 23.9 Å². The molecular formula is C13H15BrN4O3. The first-order valence-corrected chi connectivity index (χ1v) is 7.01. The van der Waals surface area contributed by atoms with Gasteiger partial charge in [-0.1, -0.05) is 6.07 Å². The molecule has 0 amide bonds. The van der Waals surface area contributed by atoms with E-state index < -0.39 is 4.92 Å². The minimum Gasteiger partial charge on any atom is -0.480 e. The average Bonchev–Trinajstić information content (AvgIpc) is 2.69. The molecule has 112 valence electrons. The summed E-state index contributed by atoms with van der Waals surface area (Å²) in [7, 11) is 1.79. The van der Waals surface area contributed by atoms with Crippen LogP contribution in [0.3, 0.4) is 0 Å². The van der Waals surface area contributed by atoms with Gasteiger partial charge in [-0.2, -0.15) is 5.10 Å². The normalized spacial score (nSPS) is 10.7. The van der Waals surface area contributed by atoms with Crippen LogP contribution in [0.5, 0.6) is 5.75 Å². The molecule has 0 radical (unpaired) electrons. The molecule has 0 saturated carbocycles. The van der Waals surface area contributed by atoms with Crippen LogP contribution in [0.4, 0.5) is 5.69 Å². The van der Waals surface area contributed by atoms with E-state index in [2.05, 4.69) is 21.0 Å². The number of aryl methyl sites for hydroxylation is 2. The number of rotatable bonds is 5. The highest BCUT2D eigenvalue weighted by molar-refractivity contribution is 9.10. The first kappa shape index (κ1) is 15.5. The lowest BCUT2D eigenvalue weighted by atomic mass is 10.2. The zero-order valence-corrected chi connectivity index (χ0v) is 13.3. The average molecular weight is 355 g/mol. The third kappa shape index (κ3) is 3.22. The van der Waals surface area contributed by atoms with Crippen molar-refractivity contribution in [3.05, 3.63) is 49.7 Å².